The molecule has 2 heterocycles. The number of nitriles is 1. The van der Waals surface area contributed by atoms with Crippen LogP contribution in [0.5, 0.6) is 0 Å². The molecule has 19 heavy (non-hydrogen) atoms. The lowest BCUT2D eigenvalue weighted by molar-refractivity contribution is 0.880. The fraction of sp³-hybridized carbons (Fsp3) is 0.286. The molecule has 0 saturated carbocycles. The van der Waals surface area contributed by atoms with Crippen LogP contribution in [-0.2, 0) is 5.75 Å². The summed E-state index contributed by atoms with van der Waals surface area (Å²) in [7, 11) is 0. The molecule has 5 heteroatoms. The van der Waals surface area contributed by atoms with Crippen LogP contribution in [0.2, 0.25) is 0 Å². The summed E-state index contributed by atoms with van der Waals surface area (Å²) in [6.45, 7) is 6.02. The second kappa shape index (κ2) is 5.81. The third kappa shape index (κ3) is 3.30. The van der Waals surface area contributed by atoms with Crippen molar-refractivity contribution in [1.29, 1.82) is 5.26 Å². The van der Waals surface area contributed by atoms with Gasteiger partial charge in [0.1, 0.15) is 11.8 Å². The van der Waals surface area contributed by atoms with E-state index in [9.17, 15) is 0 Å². The monoisotopic (exact) mass is 270 g/mol. The van der Waals surface area contributed by atoms with Crippen molar-refractivity contribution >= 4 is 11.8 Å². The van der Waals surface area contributed by atoms with Crippen LogP contribution in [0, 0.1) is 32.1 Å². The lowest BCUT2D eigenvalue weighted by Crippen LogP contribution is -1.98. The number of aromatic nitrogens is 3. The molecule has 0 spiro atoms. The molecule has 0 aliphatic rings. The average Bonchev–Trinajstić information content (AvgIpc) is 2.42. The molecule has 96 valence electrons. The zero-order valence-electron chi connectivity index (χ0n) is 11.1. The lowest BCUT2D eigenvalue weighted by Gasteiger charge is -2.06. The molecule has 0 amide bonds. The molecule has 2 rings (SSSR count). The predicted molar refractivity (Wildman–Crippen MR) is 74.8 cm³/mol. The number of hydrogen-bond acceptors (Lipinski definition) is 5. The van der Waals surface area contributed by atoms with Gasteiger partial charge >= 0.3 is 0 Å². The van der Waals surface area contributed by atoms with Crippen molar-refractivity contribution in [3.8, 4) is 6.07 Å². The molecule has 0 saturated heterocycles. The molecule has 0 aliphatic carbocycles. The van der Waals surface area contributed by atoms with Crippen LogP contribution >= 0.6 is 11.8 Å². The van der Waals surface area contributed by atoms with Crippen LogP contribution in [0.15, 0.2) is 23.5 Å². The maximum absolute atomic E-state index is 8.81. The zero-order valence-corrected chi connectivity index (χ0v) is 12.0. The maximum Gasteiger partial charge on any atom is 0.188 e. The molecule has 0 fully saturated rings. The predicted octanol–water partition coefficient (Wildman–Crippen LogP) is 2.96. The van der Waals surface area contributed by atoms with Crippen molar-refractivity contribution in [3.05, 3.63) is 46.5 Å². The van der Waals surface area contributed by atoms with E-state index in [2.05, 4.69) is 15.0 Å². The first kappa shape index (κ1) is 13.5. The minimum Gasteiger partial charge on any atom is -0.246 e. The first-order valence-electron chi connectivity index (χ1n) is 5.90. The molecule has 0 bridgehead atoms. The highest BCUT2D eigenvalue weighted by Gasteiger charge is 2.06. The summed E-state index contributed by atoms with van der Waals surface area (Å²) >= 11 is 1.57. The first-order chi connectivity index (χ1) is 9.10. The fourth-order valence-corrected chi connectivity index (χ4v) is 2.46. The molecule has 0 atom stereocenters. The number of nitrogens with zero attached hydrogens (tertiary/aromatic N) is 4. The largest absolute Gasteiger partial charge is 0.246 e. The average molecular weight is 270 g/mol. The van der Waals surface area contributed by atoms with E-state index in [0.717, 1.165) is 33.4 Å². The van der Waals surface area contributed by atoms with Crippen molar-refractivity contribution in [2.24, 2.45) is 0 Å². The van der Waals surface area contributed by atoms with E-state index in [1.807, 2.05) is 32.9 Å². The van der Waals surface area contributed by atoms with Gasteiger partial charge in [0.05, 0.1) is 0 Å². The number of pyridine rings is 1. The van der Waals surface area contributed by atoms with E-state index in [1.54, 1.807) is 24.0 Å². The van der Waals surface area contributed by atoms with Crippen LogP contribution in [0.3, 0.4) is 0 Å². The standard InChI is InChI=1S/C14H14N4S/c1-9-10(2)17-14(18-11(9)3)19-8-12-4-5-16-13(6-12)7-15/h4-6H,8H2,1-3H3. The Hall–Kier alpha value is -1.93. The van der Waals surface area contributed by atoms with E-state index < -0.39 is 0 Å². The number of thioether (sulfide) groups is 1. The summed E-state index contributed by atoms with van der Waals surface area (Å²) in [4.78, 5) is 12.9. The van der Waals surface area contributed by atoms with Gasteiger partial charge in [-0.3, -0.25) is 0 Å². The van der Waals surface area contributed by atoms with E-state index in [1.165, 1.54) is 0 Å². The Bertz CT molecular complexity index is 623. The SMILES string of the molecule is Cc1nc(SCc2ccnc(C#N)c2)nc(C)c1C. The molecule has 0 aliphatic heterocycles. The molecule has 2 aromatic rings. The minimum absolute atomic E-state index is 0.440. The minimum atomic E-state index is 0.440. The number of rotatable bonds is 3. The highest BCUT2D eigenvalue weighted by Crippen LogP contribution is 2.21. The molecular formula is C14H14N4S. The van der Waals surface area contributed by atoms with Crippen molar-refractivity contribution in [2.45, 2.75) is 31.7 Å². The van der Waals surface area contributed by atoms with Crippen LogP contribution in [0.25, 0.3) is 0 Å². The Kier molecular flexibility index (Phi) is 4.13. The van der Waals surface area contributed by atoms with E-state index in [0.29, 0.717) is 5.69 Å². The van der Waals surface area contributed by atoms with Crippen molar-refractivity contribution in [1.82, 2.24) is 15.0 Å². The van der Waals surface area contributed by atoms with Crippen LogP contribution in [-0.4, -0.2) is 15.0 Å². The summed E-state index contributed by atoms with van der Waals surface area (Å²) in [6, 6.07) is 5.74. The molecule has 4 nitrogen and oxygen atoms in total. The smallest absolute Gasteiger partial charge is 0.188 e. The van der Waals surface area contributed by atoms with Gasteiger partial charge in [-0.2, -0.15) is 5.26 Å². The second-order valence-corrected chi connectivity index (χ2v) is 5.19. The molecular weight excluding hydrogens is 256 g/mol. The van der Waals surface area contributed by atoms with Gasteiger partial charge in [0, 0.05) is 23.3 Å². The normalized spacial score (nSPS) is 10.2. The van der Waals surface area contributed by atoms with Crippen molar-refractivity contribution in [2.75, 3.05) is 0 Å². The Balaban J connectivity index is 2.12. The summed E-state index contributed by atoms with van der Waals surface area (Å²) in [5.74, 6) is 0.735. The number of hydrogen-bond donors (Lipinski definition) is 0. The van der Waals surface area contributed by atoms with E-state index in [4.69, 9.17) is 5.26 Å². The molecule has 0 aromatic carbocycles. The van der Waals surface area contributed by atoms with Crippen LogP contribution in [0.1, 0.15) is 28.2 Å². The number of aryl methyl sites for hydroxylation is 2. The van der Waals surface area contributed by atoms with E-state index >= 15 is 0 Å². The van der Waals surface area contributed by atoms with Gasteiger partial charge in [0.25, 0.3) is 0 Å². The Morgan fingerprint density at radius 2 is 1.89 bits per heavy atom. The maximum atomic E-state index is 8.81. The molecule has 2 aromatic heterocycles. The topological polar surface area (TPSA) is 62.5 Å². The Labute approximate surface area is 116 Å². The summed E-state index contributed by atoms with van der Waals surface area (Å²) in [6.07, 6.45) is 1.65. The highest BCUT2D eigenvalue weighted by atomic mass is 32.2. The van der Waals surface area contributed by atoms with Crippen molar-refractivity contribution < 1.29 is 0 Å². The summed E-state index contributed by atoms with van der Waals surface area (Å²) in [5, 5.41) is 9.58. The molecule has 0 radical (unpaired) electrons. The van der Waals surface area contributed by atoms with Crippen molar-refractivity contribution in [3.63, 3.8) is 0 Å². The third-order valence-electron chi connectivity index (χ3n) is 2.92. The highest BCUT2D eigenvalue weighted by molar-refractivity contribution is 7.98. The van der Waals surface area contributed by atoms with Crippen LogP contribution < -0.4 is 0 Å². The quantitative estimate of drug-likeness (QED) is 0.634. The molecule has 0 N–H and O–H groups in total. The molecule has 0 unspecified atom stereocenters. The van der Waals surface area contributed by atoms with Gasteiger partial charge in [0.15, 0.2) is 5.16 Å². The van der Waals surface area contributed by atoms with Gasteiger partial charge < -0.3 is 0 Å². The fourth-order valence-electron chi connectivity index (χ4n) is 1.58. The van der Waals surface area contributed by atoms with Gasteiger partial charge in [-0.25, -0.2) is 15.0 Å². The Morgan fingerprint density at radius 3 is 2.53 bits per heavy atom. The second-order valence-electron chi connectivity index (χ2n) is 4.25. The summed E-state index contributed by atoms with van der Waals surface area (Å²) in [5.41, 5.74) is 4.66. The van der Waals surface area contributed by atoms with Gasteiger partial charge in [0.2, 0.25) is 0 Å². The van der Waals surface area contributed by atoms with Gasteiger partial charge in [-0.15, -0.1) is 0 Å². The Morgan fingerprint density at radius 1 is 1.21 bits per heavy atom. The zero-order chi connectivity index (χ0) is 13.8. The third-order valence-corrected chi connectivity index (χ3v) is 3.84. The lowest BCUT2D eigenvalue weighted by atomic mass is 10.2. The summed E-state index contributed by atoms with van der Waals surface area (Å²) < 4.78 is 0. The van der Waals surface area contributed by atoms with E-state index in [-0.39, 0.29) is 0 Å². The van der Waals surface area contributed by atoms with Gasteiger partial charge in [-0.1, -0.05) is 11.8 Å². The van der Waals surface area contributed by atoms with Crippen LogP contribution in [0.4, 0.5) is 0 Å². The first-order valence-corrected chi connectivity index (χ1v) is 6.88. The van der Waals surface area contributed by atoms with Gasteiger partial charge in [-0.05, 0) is 44.0 Å².